The fraction of sp³-hybridized carbons (Fsp3) is 0.154. The highest BCUT2D eigenvalue weighted by molar-refractivity contribution is 5.88. The average Bonchev–Trinajstić information content (AvgIpc) is 2.67. The van der Waals surface area contributed by atoms with Gasteiger partial charge in [-0.15, -0.1) is 0 Å². The Balaban J connectivity index is 2.62. The van der Waals surface area contributed by atoms with Gasteiger partial charge in [0, 0.05) is 5.69 Å². The summed E-state index contributed by atoms with van der Waals surface area (Å²) in [6, 6.07) is 8.32. The number of carboxylic acids is 1. The molecule has 0 radical (unpaired) electrons. The molecule has 1 aromatic heterocycles. The van der Waals surface area contributed by atoms with Gasteiger partial charge in [-0.1, -0.05) is 0 Å². The van der Waals surface area contributed by atoms with Crippen LogP contribution in [-0.2, 0) is 0 Å². The van der Waals surface area contributed by atoms with E-state index in [2.05, 4.69) is 5.10 Å². The molecule has 0 saturated heterocycles. The highest BCUT2D eigenvalue weighted by Crippen LogP contribution is 2.18. The Labute approximate surface area is 104 Å². The lowest BCUT2D eigenvalue weighted by atomic mass is 10.1. The summed E-state index contributed by atoms with van der Waals surface area (Å²) in [6.45, 7) is 3.74. The minimum atomic E-state index is -1.05. The van der Waals surface area contributed by atoms with Gasteiger partial charge in [-0.3, -0.25) is 0 Å². The number of nitrogens with zero attached hydrogens (tertiary/aromatic N) is 3. The molecule has 0 aliphatic carbocycles. The predicted octanol–water partition coefficient (Wildman–Crippen LogP) is 2.06. The molecular formula is C13H11N3O2. The van der Waals surface area contributed by atoms with Crippen LogP contribution in [0.15, 0.2) is 24.3 Å². The second-order valence-corrected chi connectivity index (χ2v) is 3.99. The number of hydrogen-bond donors (Lipinski definition) is 1. The summed E-state index contributed by atoms with van der Waals surface area (Å²) in [5, 5.41) is 22.3. The van der Waals surface area contributed by atoms with E-state index in [0.717, 1.165) is 11.4 Å². The molecule has 1 aromatic carbocycles. The van der Waals surface area contributed by atoms with E-state index in [4.69, 9.17) is 10.4 Å². The minimum Gasteiger partial charge on any atom is -0.478 e. The maximum atomic E-state index is 10.9. The van der Waals surface area contributed by atoms with Crippen molar-refractivity contribution in [1.29, 1.82) is 5.26 Å². The van der Waals surface area contributed by atoms with Crippen LogP contribution < -0.4 is 0 Å². The zero-order valence-corrected chi connectivity index (χ0v) is 10.0. The summed E-state index contributed by atoms with van der Waals surface area (Å²) >= 11 is 0. The highest BCUT2D eigenvalue weighted by Gasteiger charge is 2.12. The zero-order chi connectivity index (χ0) is 13.3. The van der Waals surface area contributed by atoms with Gasteiger partial charge < -0.3 is 5.11 Å². The van der Waals surface area contributed by atoms with E-state index in [9.17, 15) is 4.79 Å². The van der Waals surface area contributed by atoms with Crippen molar-refractivity contribution in [2.45, 2.75) is 13.8 Å². The van der Waals surface area contributed by atoms with Crippen LogP contribution in [0.3, 0.4) is 0 Å². The van der Waals surface area contributed by atoms with Gasteiger partial charge in [0.05, 0.1) is 22.5 Å². The molecule has 5 nitrogen and oxygen atoms in total. The summed E-state index contributed by atoms with van der Waals surface area (Å²) < 4.78 is 1.64. The van der Waals surface area contributed by atoms with Crippen LogP contribution in [-0.4, -0.2) is 20.9 Å². The first kappa shape index (κ1) is 11.9. The summed E-state index contributed by atoms with van der Waals surface area (Å²) in [5.74, 6) is -1.05. The van der Waals surface area contributed by atoms with Crippen LogP contribution >= 0.6 is 0 Å². The summed E-state index contributed by atoms with van der Waals surface area (Å²) in [7, 11) is 0. The molecule has 0 atom stereocenters. The topological polar surface area (TPSA) is 78.9 Å². The van der Waals surface area contributed by atoms with E-state index in [1.807, 2.05) is 26.0 Å². The quantitative estimate of drug-likeness (QED) is 0.872. The fourth-order valence-electron chi connectivity index (χ4n) is 1.82. The van der Waals surface area contributed by atoms with Gasteiger partial charge >= 0.3 is 5.97 Å². The number of rotatable bonds is 2. The SMILES string of the molecule is Cc1cc(C)n(-c2ccc(C(=O)O)cc2C#N)n1. The molecule has 2 aromatic rings. The van der Waals surface area contributed by atoms with Crippen LogP contribution in [0.4, 0.5) is 0 Å². The largest absolute Gasteiger partial charge is 0.478 e. The van der Waals surface area contributed by atoms with Crippen LogP contribution in [0.1, 0.15) is 27.3 Å². The Morgan fingerprint density at radius 2 is 2.11 bits per heavy atom. The number of benzene rings is 1. The van der Waals surface area contributed by atoms with Gasteiger partial charge in [0.15, 0.2) is 0 Å². The number of aromatic nitrogens is 2. The molecule has 0 bridgehead atoms. The average molecular weight is 241 g/mol. The Bertz CT molecular complexity index is 665. The van der Waals surface area contributed by atoms with Crippen LogP contribution in [0.25, 0.3) is 5.69 Å². The van der Waals surface area contributed by atoms with Crippen molar-refractivity contribution < 1.29 is 9.90 Å². The lowest BCUT2D eigenvalue weighted by Crippen LogP contribution is -2.04. The molecule has 1 heterocycles. The molecule has 0 fully saturated rings. The van der Waals surface area contributed by atoms with Gasteiger partial charge in [0.25, 0.3) is 0 Å². The number of carbonyl (C=O) groups is 1. The molecule has 1 N–H and O–H groups in total. The first-order valence-electron chi connectivity index (χ1n) is 5.34. The third kappa shape index (κ3) is 1.96. The summed E-state index contributed by atoms with van der Waals surface area (Å²) in [4.78, 5) is 10.9. The zero-order valence-electron chi connectivity index (χ0n) is 10.0. The number of aryl methyl sites for hydroxylation is 2. The molecule has 2 rings (SSSR count). The standard InChI is InChI=1S/C13H11N3O2/c1-8-5-9(2)16(15-8)12-4-3-10(13(17)18)6-11(12)7-14/h3-6H,1-2H3,(H,17,18). The molecule has 18 heavy (non-hydrogen) atoms. The molecule has 0 aliphatic rings. The van der Waals surface area contributed by atoms with Crippen LogP contribution in [0.2, 0.25) is 0 Å². The first-order valence-corrected chi connectivity index (χ1v) is 5.34. The third-order valence-electron chi connectivity index (χ3n) is 2.60. The minimum absolute atomic E-state index is 0.0943. The molecule has 0 aliphatic heterocycles. The van der Waals surface area contributed by atoms with Crippen LogP contribution in [0.5, 0.6) is 0 Å². The van der Waals surface area contributed by atoms with Crippen molar-refractivity contribution in [2.24, 2.45) is 0 Å². The molecule has 0 saturated carbocycles. The van der Waals surface area contributed by atoms with Crippen molar-refractivity contribution in [1.82, 2.24) is 9.78 Å². The molecule has 90 valence electrons. The maximum Gasteiger partial charge on any atom is 0.335 e. The lowest BCUT2D eigenvalue weighted by Gasteiger charge is -2.07. The first-order chi connectivity index (χ1) is 8.52. The van der Waals surface area contributed by atoms with E-state index in [1.54, 1.807) is 10.7 Å². The van der Waals surface area contributed by atoms with E-state index in [-0.39, 0.29) is 5.56 Å². The predicted molar refractivity (Wildman–Crippen MR) is 64.7 cm³/mol. The Morgan fingerprint density at radius 3 is 2.61 bits per heavy atom. The van der Waals surface area contributed by atoms with Gasteiger partial charge in [0.1, 0.15) is 6.07 Å². The van der Waals surface area contributed by atoms with Crippen molar-refractivity contribution in [3.63, 3.8) is 0 Å². The summed E-state index contributed by atoms with van der Waals surface area (Å²) in [5.41, 5.74) is 2.72. The van der Waals surface area contributed by atoms with Gasteiger partial charge in [-0.2, -0.15) is 10.4 Å². The van der Waals surface area contributed by atoms with Gasteiger partial charge in [-0.05, 0) is 38.1 Å². The van der Waals surface area contributed by atoms with Gasteiger partial charge in [-0.25, -0.2) is 9.48 Å². The molecular weight excluding hydrogens is 230 g/mol. The van der Waals surface area contributed by atoms with E-state index in [1.165, 1.54) is 12.1 Å². The number of hydrogen-bond acceptors (Lipinski definition) is 3. The smallest absolute Gasteiger partial charge is 0.335 e. The monoisotopic (exact) mass is 241 g/mol. The summed E-state index contributed by atoms with van der Waals surface area (Å²) in [6.07, 6.45) is 0. The lowest BCUT2D eigenvalue weighted by molar-refractivity contribution is 0.0697. The van der Waals surface area contributed by atoms with E-state index >= 15 is 0 Å². The Hall–Kier alpha value is -2.61. The second kappa shape index (κ2) is 4.34. The maximum absolute atomic E-state index is 10.9. The molecule has 0 amide bonds. The highest BCUT2D eigenvalue weighted by atomic mass is 16.4. The Kier molecular flexibility index (Phi) is 2.86. The van der Waals surface area contributed by atoms with E-state index < -0.39 is 5.97 Å². The molecule has 0 spiro atoms. The van der Waals surface area contributed by atoms with E-state index in [0.29, 0.717) is 11.3 Å². The van der Waals surface area contributed by atoms with Crippen molar-refractivity contribution in [3.05, 3.63) is 46.8 Å². The van der Waals surface area contributed by atoms with Crippen molar-refractivity contribution >= 4 is 5.97 Å². The number of carboxylic acid groups (broad SMARTS) is 1. The van der Waals surface area contributed by atoms with Crippen LogP contribution in [0, 0.1) is 25.2 Å². The number of aromatic carboxylic acids is 1. The van der Waals surface area contributed by atoms with Crippen molar-refractivity contribution in [2.75, 3.05) is 0 Å². The normalized spacial score (nSPS) is 10.1. The Morgan fingerprint density at radius 1 is 1.39 bits per heavy atom. The molecule has 0 unspecified atom stereocenters. The van der Waals surface area contributed by atoms with Crippen molar-refractivity contribution in [3.8, 4) is 11.8 Å². The second-order valence-electron chi connectivity index (χ2n) is 3.99. The number of nitriles is 1. The molecule has 5 heteroatoms. The fourth-order valence-corrected chi connectivity index (χ4v) is 1.82. The van der Waals surface area contributed by atoms with Gasteiger partial charge in [0.2, 0.25) is 0 Å². The third-order valence-corrected chi connectivity index (χ3v) is 2.60.